The molecule has 1 saturated heterocycles. The number of rotatable bonds is 7. The van der Waals surface area contributed by atoms with Crippen LogP contribution in [0.4, 0.5) is 0 Å². The SMILES string of the molecule is CCCCCCC[CH]([InH2])N1C[CH]CC1. The molecular weight excluding hydrogens is 273 g/mol. The molecule has 0 aliphatic carbocycles. The first kappa shape index (κ1) is 12.9. The van der Waals surface area contributed by atoms with Crippen molar-refractivity contribution in [1.82, 2.24) is 4.90 Å². The van der Waals surface area contributed by atoms with Gasteiger partial charge in [0.1, 0.15) is 0 Å². The van der Waals surface area contributed by atoms with Gasteiger partial charge in [0.2, 0.25) is 0 Å². The Balaban J connectivity index is 1.94. The van der Waals surface area contributed by atoms with Gasteiger partial charge in [0.15, 0.2) is 0 Å². The molecule has 0 aromatic carbocycles. The summed E-state index contributed by atoms with van der Waals surface area (Å²) in [6, 6.07) is 0. The number of nitrogens with zero attached hydrogens (tertiary/aromatic N) is 1. The van der Waals surface area contributed by atoms with Crippen LogP contribution in [0.25, 0.3) is 0 Å². The summed E-state index contributed by atoms with van der Waals surface area (Å²) in [6.45, 7) is 4.93. The molecule has 1 fully saturated rings. The second kappa shape index (κ2) is 8.04. The Labute approximate surface area is 104 Å². The third kappa shape index (κ3) is 5.06. The summed E-state index contributed by atoms with van der Waals surface area (Å²) in [5.74, 6) is 0. The zero-order valence-electron chi connectivity index (χ0n) is 9.97. The molecule has 1 unspecified atom stereocenters. The van der Waals surface area contributed by atoms with E-state index in [9.17, 15) is 0 Å². The molecule has 0 aromatic rings. The Morgan fingerprint density at radius 3 is 2.71 bits per heavy atom. The van der Waals surface area contributed by atoms with Crippen molar-refractivity contribution in [3.05, 3.63) is 6.42 Å². The number of hydrogen-bond donors (Lipinski definition) is 0. The predicted molar refractivity (Wildman–Crippen MR) is 66.2 cm³/mol. The van der Waals surface area contributed by atoms with Crippen LogP contribution in [-0.4, -0.2) is 46.2 Å². The second-order valence-electron chi connectivity index (χ2n) is 4.62. The zero-order valence-corrected chi connectivity index (χ0v) is 15.7. The van der Waals surface area contributed by atoms with E-state index in [0.717, 1.165) is 28.2 Å². The Bertz CT molecular complexity index is 132. The van der Waals surface area contributed by atoms with Gasteiger partial charge in [0.25, 0.3) is 0 Å². The third-order valence-corrected chi connectivity index (χ3v) is 7.07. The van der Waals surface area contributed by atoms with Crippen LogP contribution in [0.5, 0.6) is 0 Å². The van der Waals surface area contributed by atoms with Gasteiger partial charge in [-0.1, -0.05) is 0 Å². The van der Waals surface area contributed by atoms with Crippen molar-refractivity contribution in [1.29, 1.82) is 0 Å². The van der Waals surface area contributed by atoms with Crippen molar-refractivity contribution in [2.75, 3.05) is 13.1 Å². The monoisotopic (exact) mass is 298 g/mol. The first-order valence-electron chi connectivity index (χ1n) is 6.40. The van der Waals surface area contributed by atoms with E-state index >= 15 is 0 Å². The Morgan fingerprint density at radius 2 is 2.07 bits per heavy atom. The first-order valence-corrected chi connectivity index (χ1v) is 9.70. The summed E-state index contributed by atoms with van der Waals surface area (Å²) in [4.78, 5) is 2.70. The fourth-order valence-corrected chi connectivity index (χ4v) is 4.74. The summed E-state index contributed by atoms with van der Waals surface area (Å²) in [6.07, 6.45) is 12.5. The standard InChI is InChI=1S/C12H23N.In.2H/c1-2-3-4-5-6-7-10-13-11-8-9-12-13;;;/h8,10H,2-7,9,11-12H2,1H3;;;. The van der Waals surface area contributed by atoms with E-state index in [0.29, 0.717) is 0 Å². The van der Waals surface area contributed by atoms with Crippen LogP contribution in [-0.2, 0) is 0 Å². The average molecular weight is 298 g/mol. The van der Waals surface area contributed by atoms with E-state index in [-0.39, 0.29) is 0 Å². The molecular formula is C12H25InN. The molecule has 81 valence electrons. The molecule has 1 rings (SSSR count). The normalized spacial score (nSPS) is 20.1. The Hall–Kier alpha value is 0.830. The van der Waals surface area contributed by atoms with Crippen molar-refractivity contribution in [3.63, 3.8) is 0 Å². The number of likely N-dealkylation sites (tertiary alicyclic amines) is 1. The van der Waals surface area contributed by atoms with Crippen LogP contribution in [0.2, 0.25) is 0 Å². The summed E-state index contributed by atoms with van der Waals surface area (Å²) < 4.78 is 1.03. The fraction of sp³-hybridized carbons (Fsp3) is 0.917. The van der Waals surface area contributed by atoms with Crippen LogP contribution in [0.1, 0.15) is 51.9 Å². The van der Waals surface area contributed by atoms with Crippen LogP contribution in [0.15, 0.2) is 0 Å². The van der Waals surface area contributed by atoms with E-state index in [1.54, 1.807) is 0 Å². The topological polar surface area (TPSA) is 3.24 Å². The van der Waals surface area contributed by atoms with Gasteiger partial charge in [-0.15, -0.1) is 0 Å². The molecule has 0 spiro atoms. The Morgan fingerprint density at radius 1 is 1.29 bits per heavy atom. The molecule has 1 heterocycles. The first-order chi connectivity index (χ1) is 6.84. The minimum absolute atomic E-state index is 0.829. The van der Waals surface area contributed by atoms with Gasteiger partial charge in [-0.25, -0.2) is 0 Å². The minimum atomic E-state index is 0.829. The summed E-state index contributed by atoms with van der Waals surface area (Å²) in [5, 5.41) is 0. The molecule has 1 atom stereocenters. The van der Waals surface area contributed by atoms with Crippen molar-refractivity contribution in [3.8, 4) is 0 Å². The Kier molecular flexibility index (Phi) is 7.40. The van der Waals surface area contributed by atoms with Gasteiger partial charge < -0.3 is 0 Å². The van der Waals surface area contributed by atoms with Crippen LogP contribution < -0.4 is 0 Å². The van der Waals surface area contributed by atoms with Gasteiger partial charge in [-0.2, -0.15) is 0 Å². The molecule has 0 saturated carbocycles. The quantitative estimate of drug-likeness (QED) is 0.651. The molecule has 0 N–H and O–H groups in total. The molecule has 0 aromatic heterocycles. The molecule has 2 heteroatoms. The average Bonchev–Trinajstić information content (AvgIpc) is 2.70. The molecule has 1 radical (unpaired) electrons. The van der Waals surface area contributed by atoms with E-state index in [4.69, 9.17) is 0 Å². The van der Waals surface area contributed by atoms with Crippen molar-refractivity contribution >= 4 is 24.4 Å². The predicted octanol–water partition coefficient (Wildman–Crippen LogP) is 2.22. The van der Waals surface area contributed by atoms with Crippen molar-refractivity contribution in [2.24, 2.45) is 0 Å². The molecule has 0 bridgehead atoms. The second-order valence-corrected chi connectivity index (χ2v) is 8.43. The number of unbranched alkanes of at least 4 members (excludes halogenated alkanes) is 4. The van der Waals surface area contributed by atoms with Crippen molar-refractivity contribution < 1.29 is 0 Å². The van der Waals surface area contributed by atoms with E-state index in [1.165, 1.54) is 58.0 Å². The molecule has 1 aliphatic rings. The molecule has 1 aliphatic heterocycles. The molecule has 14 heavy (non-hydrogen) atoms. The van der Waals surface area contributed by atoms with Gasteiger partial charge in [-0.05, 0) is 0 Å². The summed E-state index contributed by atoms with van der Waals surface area (Å²) >= 11 is 0.829. The van der Waals surface area contributed by atoms with Gasteiger partial charge >= 0.3 is 104 Å². The van der Waals surface area contributed by atoms with Crippen LogP contribution in [0, 0.1) is 6.42 Å². The van der Waals surface area contributed by atoms with E-state index in [1.807, 2.05) is 0 Å². The number of hydrogen-bond acceptors (Lipinski definition) is 1. The maximum atomic E-state index is 2.70. The van der Waals surface area contributed by atoms with E-state index < -0.39 is 0 Å². The maximum absolute atomic E-state index is 2.70. The van der Waals surface area contributed by atoms with Crippen LogP contribution in [0.3, 0.4) is 0 Å². The van der Waals surface area contributed by atoms with E-state index in [2.05, 4.69) is 18.2 Å². The summed E-state index contributed by atoms with van der Waals surface area (Å²) in [7, 11) is 0. The fourth-order valence-electron chi connectivity index (χ4n) is 2.23. The zero-order chi connectivity index (χ0) is 10.2. The van der Waals surface area contributed by atoms with Crippen LogP contribution >= 0.6 is 0 Å². The van der Waals surface area contributed by atoms with Gasteiger partial charge in [0, 0.05) is 0 Å². The van der Waals surface area contributed by atoms with Gasteiger partial charge in [0.05, 0.1) is 0 Å². The molecule has 1 nitrogen and oxygen atoms in total. The summed E-state index contributed by atoms with van der Waals surface area (Å²) in [5.41, 5.74) is 0. The molecule has 0 amide bonds. The third-order valence-electron chi connectivity index (χ3n) is 3.33. The van der Waals surface area contributed by atoms with Gasteiger partial charge in [-0.3, -0.25) is 0 Å². The van der Waals surface area contributed by atoms with Crippen molar-refractivity contribution in [2.45, 2.75) is 55.7 Å².